The lowest BCUT2D eigenvalue weighted by molar-refractivity contribution is -0.133. The minimum Gasteiger partial charge on any atom is -0.481 e. The summed E-state index contributed by atoms with van der Waals surface area (Å²) in [4.78, 5) is 10.4. The van der Waals surface area contributed by atoms with Crippen molar-refractivity contribution in [2.75, 3.05) is 32.7 Å². The van der Waals surface area contributed by atoms with Gasteiger partial charge in [-0.05, 0) is 10.4 Å². The van der Waals surface area contributed by atoms with Crippen LogP contribution in [0.2, 0.25) is 0 Å². The highest BCUT2D eigenvalue weighted by Gasteiger charge is 2.08. The molecule has 0 bridgehead atoms. The number of carboxylic acid groups (broad SMARTS) is 1. The average Bonchev–Trinajstić information content (AvgIpc) is 2.73. The second-order valence-electron chi connectivity index (χ2n) is 2.97. The Balaban J connectivity index is 2.27. The van der Waals surface area contributed by atoms with Crippen molar-refractivity contribution in [1.82, 2.24) is 20.2 Å². The molecule has 0 aliphatic heterocycles. The zero-order chi connectivity index (χ0) is 12.5. The van der Waals surface area contributed by atoms with Gasteiger partial charge in [-0.3, -0.25) is 4.79 Å². The SMILES string of the molecule is COCCOCCn1nnnc1SCC(=O)O. The number of carboxylic acids is 1. The number of aromatic nitrogens is 4. The van der Waals surface area contributed by atoms with Gasteiger partial charge in [0.2, 0.25) is 5.16 Å². The maximum absolute atomic E-state index is 10.4. The lowest BCUT2D eigenvalue weighted by Gasteiger charge is -2.04. The number of aliphatic carboxylic acids is 1. The lowest BCUT2D eigenvalue weighted by Crippen LogP contribution is -2.12. The topological polar surface area (TPSA) is 99.4 Å². The van der Waals surface area contributed by atoms with Gasteiger partial charge in [0.1, 0.15) is 0 Å². The van der Waals surface area contributed by atoms with E-state index in [1.807, 2.05) is 0 Å². The number of carbonyl (C=O) groups is 1. The molecule has 0 spiro atoms. The van der Waals surface area contributed by atoms with E-state index in [-0.39, 0.29) is 5.75 Å². The van der Waals surface area contributed by atoms with Crippen LogP contribution in [-0.4, -0.2) is 64.0 Å². The van der Waals surface area contributed by atoms with E-state index in [2.05, 4.69) is 15.5 Å². The Kier molecular flexibility index (Phi) is 6.51. The minimum atomic E-state index is -0.902. The smallest absolute Gasteiger partial charge is 0.313 e. The highest BCUT2D eigenvalue weighted by molar-refractivity contribution is 7.99. The number of methoxy groups -OCH3 is 1. The van der Waals surface area contributed by atoms with Crippen LogP contribution in [0.1, 0.15) is 0 Å². The van der Waals surface area contributed by atoms with Gasteiger partial charge in [0.15, 0.2) is 0 Å². The molecule has 96 valence electrons. The number of ether oxygens (including phenoxy) is 2. The van der Waals surface area contributed by atoms with Gasteiger partial charge in [-0.25, -0.2) is 4.68 Å². The van der Waals surface area contributed by atoms with Crippen molar-refractivity contribution in [2.24, 2.45) is 0 Å². The van der Waals surface area contributed by atoms with E-state index in [1.54, 1.807) is 7.11 Å². The van der Waals surface area contributed by atoms with Crippen LogP contribution >= 0.6 is 11.8 Å². The second kappa shape index (κ2) is 7.98. The van der Waals surface area contributed by atoms with Crippen LogP contribution < -0.4 is 0 Å². The van der Waals surface area contributed by atoms with E-state index < -0.39 is 5.97 Å². The van der Waals surface area contributed by atoms with Crippen molar-refractivity contribution in [2.45, 2.75) is 11.7 Å². The summed E-state index contributed by atoms with van der Waals surface area (Å²) in [5.41, 5.74) is 0. The Morgan fingerprint density at radius 2 is 2.29 bits per heavy atom. The first-order chi connectivity index (χ1) is 8.24. The molecule has 0 radical (unpaired) electrons. The number of rotatable bonds is 9. The Hall–Kier alpha value is -1.19. The molecule has 0 unspecified atom stereocenters. The molecular weight excluding hydrogens is 248 g/mol. The van der Waals surface area contributed by atoms with Gasteiger partial charge < -0.3 is 14.6 Å². The highest BCUT2D eigenvalue weighted by atomic mass is 32.2. The highest BCUT2D eigenvalue weighted by Crippen LogP contribution is 2.12. The fraction of sp³-hybridized carbons (Fsp3) is 0.750. The molecule has 1 aromatic heterocycles. The largest absolute Gasteiger partial charge is 0.481 e. The van der Waals surface area contributed by atoms with Gasteiger partial charge in [0.05, 0.1) is 32.1 Å². The molecule has 1 heterocycles. The summed E-state index contributed by atoms with van der Waals surface area (Å²) < 4.78 is 11.6. The van der Waals surface area contributed by atoms with Gasteiger partial charge in [-0.1, -0.05) is 11.8 Å². The van der Waals surface area contributed by atoms with Gasteiger partial charge in [0, 0.05) is 7.11 Å². The molecule has 9 heteroatoms. The summed E-state index contributed by atoms with van der Waals surface area (Å²) >= 11 is 1.08. The predicted octanol–water partition coefficient (Wildman–Crippen LogP) is -0.487. The van der Waals surface area contributed by atoms with Crippen molar-refractivity contribution in [1.29, 1.82) is 0 Å². The van der Waals surface area contributed by atoms with E-state index >= 15 is 0 Å². The summed E-state index contributed by atoms with van der Waals surface area (Å²) in [5.74, 6) is -0.967. The van der Waals surface area contributed by atoms with Gasteiger partial charge in [0.25, 0.3) is 0 Å². The van der Waals surface area contributed by atoms with Crippen LogP contribution in [0.3, 0.4) is 0 Å². The molecule has 1 N–H and O–H groups in total. The quantitative estimate of drug-likeness (QED) is 0.470. The zero-order valence-corrected chi connectivity index (χ0v) is 10.2. The number of nitrogens with zero attached hydrogens (tertiary/aromatic N) is 4. The number of thioether (sulfide) groups is 1. The van der Waals surface area contributed by atoms with Crippen molar-refractivity contribution in [3.8, 4) is 0 Å². The Bertz CT molecular complexity index is 346. The molecule has 17 heavy (non-hydrogen) atoms. The zero-order valence-electron chi connectivity index (χ0n) is 9.40. The number of tetrazole rings is 1. The van der Waals surface area contributed by atoms with E-state index in [4.69, 9.17) is 14.6 Å². The molecule has 8 nitrogen and oxygen atoms in total. The predicted molar refractivity (Wildman–Crippen MR) is 58.9 cm³/mol. The van der Waals surface area contributed by atoms with E-state index in [0.717, 1.165) is 11.8 Å². The Labute approximate surface area is 102 Å². The molecule has 0 atom stereocenters. The maximum atomic E-state index is 10.4. The fourth-order valence-electron chi connectivity index (χ4n) is 0.962. The fourth-order valence-corrected chi connectivity index (χ4v) is 1.59. The Morgan fingerprint density at radius 1 is 1.47 bits per heavy atom. The molecule has 0 amide bonds. The van der Waals surface area contributed by atoms with E-state index in [9.17, 15) is 4.79 Å². The summed E-state index contributed by atoms with van der Waals surface area (Å²) in [7, 11) is 1.60. The summed E-state index contributed by atoms with van der Waals surface area (Å²) in [6.07, 6.45) is 0. The summed E-state index contributed by atoms with van der Waals surface area (Å²) in [5, 5.41) is 20.0. The van der Waals surface area contributed by atoms with Crippen molar-refractivity contribution >= 4 is 17.7 Å². The third-order valence-corrected chi connectivity index (χ3v) is 2.64. The molecule has 0 saturated carbocycles. The van der Waals surface area contributed by atoms with E-state index in [1.165, 1.54) is 4.68 Å². The maximum Gasteiger partial charge on any atom is 0.313 e. The third kappa shape index (κ3) is 5.61. The van der Waals surface area contributed by atoms with Gasteiger partial charge in [-0.15, -0.1) is 5.10 Å². The molecule has 0 aromatic carbocycles. The minimum absolute atomic E-state index is 0.0646. The monoisotopic (exact) mass is 262 g/mol. The van der Waals surface area contributed by atoms with Gasteiger partial charge in [-0.2, -0.15) is 0 Å². The molecule has 0 aliphatic carbocycles. The normalized spacial score (nSPS) is 10.6. The second-order valence-corrected chi connectivity index (χ2v) is 3.91. The standard InChI is InChI=1S/C8H14N4O4S/c1-15-4-5-16-3-2-12-8(9-10-11-12)17-6-7(13)14/h2-6H2,1H3,(H,13,14). The van der Waals surface area contributed by atoms with Crippen molar-refractivity contribution in [3.05, 3.63) is 0 Å². The molecule has 0 fully saturated rings. The molecule has 1 rings (SSSR count). The van der Waals surface area contributed by atoms with Crippen molar-refractivity contribution in [3.63, 3.8) is 0 Å². The summed E-state index contributed by atoms with van der Waals surface area (Å²) in [6.45, 7) is 1.99. The first-order valence-corrected chi connectivity index (χ1v) is 5.90. The summed E-state index contributed by atoms with van der Waals surface area (Å²) in [6, 6.07) is 0. The first kappa shape index (κ1) is 13.9. The van der Waals surface area contributed by atoms with Crippen LogP contribution in [0.25, 0.3) is 0 Å². The Morgan fingerprint density at radius 3 is 3.00 bits per heavy atom. The van der Waals surface area contributed by atoms with Crippen LogP contribution in [0.4, 0.5) is 0 Å². The average molecular weight is 262 g/mol. The first-order valence-electron chi connectivity index (χ1n) is 4.91. The molecule has 1 aromatic rings. The van der Waals surface area contributed by atoms with Gasteiger partial charge >= 0.3 is 5.97 Å². The third-order valence-electron chi connectivity index (χ3n) is 1.70. The lowest BCUT2D eigenvalue weighted by atomic mass is 10.7. The van der Waals surface area contributed by atoms with Crippen LogP contribution in [0.15, 0.2) is 5.16 Å². The van der Waals surface area contributed by atoms with E-state index in [0.29, 0.717) is 31.5 Å². The van der Waals surface area contributed by atoms with Crippen molar-refractivity contribution < 1.29 is 19.4 Å². The molecule has 0 aliphatic rings. The van der Waals surface area contributed by atoms with Crippen LogP contribution in [-0.2, 0) is 20.8 Å². The number of hydrogen-bond donors (Lipinski definition) is 1. The van der Waals surface area contributed by atoms with Crippen LogP contribution in [0, 0.1) is 0 Å². The molecular formula is C8H14N4O4S. The van der Waals surface area contributed by atoms with Crippen LogP contribution in [0.5, 0.6) is 0 Å². The number of hydrogen-bond acceptors (Lipinski definition) is 7. The molecule has 0 saturated heterocycles.